The van der Waals surface area contributed by atoms with Crippen molar-refractivity contribution >= 4 is 34.7 Å². The largest absolute Gasteiger partial charge is 0.490 e. The molecular weight excluding hydrogens is 444 g/mol. The van der Waals surface area contributed by atoms with E-state index in [1.807, 2.05) is 74.0 Å². The van der Waals surface area contributed by atoms with Gasteiger partial charge in [0.25, 0.3) is 0 Å². The molecule has 0 saturated heterocycles. The Bertz CT molecular complexity index is 1040. The molecule has 6 nitrogen and oxygen atoms in total. The van der Waals surface area contributed by atoms with E-state index in [4.69, 9.17) is 33.3 Å². The van der Waals surface area contributed by atoms with E-state index in [2.05, 4.69) is 15.7 Å². The van der Waals surface area contributed by atoms with Crippen LogP contribution in [0.1, 0.15) is 30.7 Å². The summed E-state index contributed by atoms with van der Waals surface area (Å²) in [5.41, 5.74) is 3.33. The van der Waals surface area contributed by atoms with E-state index in [0.29, 0.717) is 37.2 Å². The zero-order valence-corrected chi connectivity index (χ0v) is 20.2. The van der Waals surface area contributed by atoms with Gasteiger partial charge in [-0.05, 0) is 74.8 Å². The predicted octanol–water partition coefficient (Wildman–Crippen LogP) is 5.22. The van der Waals surface area contributed by atoms with E-state index in [-0.39, 0.29) is 0 Å². The van der Waals surface area contributed by atoms with Crippen molar-refractivity contribution in [3.8, 4) is 11.5 Å². The molecule has 2 aromatic carbocycles. The Hall–Kier alpha value is -2.77. The van der Waals surface area contributed by atoms with Gasteiger partial charge < -0.3 is 20.1 Å². The Labute approximate surface area is 199 Å². The Morgan fingerprint density at radius 2 is 1.69 bits per heavy atom. The maximum atomic E-state index is 5.96. The Balaban J connectivity index is 1.51. The monoisotopic (exact) mass is 472 g/mol. The molecule has 0 aliphatic heterocycles. The van der Waals surface area contributed by atoms with Crippen molar-refractivity contribution in [2.75, 3.05) is 25.1 Å². The van der Waals surface area contributed by atoms with Crippen molar-refractivity contribution in [2.45, 2.75) is 33.7 Å². The van der Waals surface area contributed by atoms with Crippen LogP contribution < -0.4 is 20.1 Å². The standard InChI is InChI=1S/C24H29ClN4O2S/c1-4-30-21-11-8-18(15-22(21)31-5-2)12-13-26-24(32)27-23-14-17(3)29(28-23)16-19-6-9-20(25)10-7-19/h6-11,14-15H,4-5,12-13,16H2,1-3H3,(H2,26,27,28,32). The number of rotatable bonds is 10. The van der Waals surface area contributed by atoms with E-state index in [9.17, 15) is 0 Å². The highest BCUT2D eigenvalue weighted by molar-refractivity contribution is 7.80. The second-order valence-corrected chi connectivity index (χ2v) is 8.08. The molecule has 1 heterocycles. The maximum Gasteiger partial charge on any atom is 0.172 e. The van der Waals surface area contributed by atoms with Crippen LogP contribution in [0, 0.1) is 6.92 Å². The minimum absolute atomic E-state index is 0.539. The van der Waals surface area contributed by atoms with Gasteiger partial charge in [0.1, 0.15) is 0 Å². The average Bonchev–Trinajstić information content (AvgIpc) is 3.10. The van der Waals surface area contributed by atoms with E-state index in [0.717, 1.165) is 39.8 Å². The number of hydrogen-bond acceptors (Lipinski definition) is 4. The molecule has 3 rings (SSSR count). The second kappa shape index (κ2) is 11.7. The summed E-state index contributed by atoms with van der Waals surface area (Å²) in [6.07, 6.45) is 0.804. The van der Waals surface area contributed by atoms with Gasteiger partial charge in [-0.3, -0.25) is 4.68 Å². The van der Waals surface area contributed by atoms with Crippen LogP contribution in [-0.4, -0.2) is 34.7 Å². The molecule has 0 saturated carbocycles. The third-order valence-corrected chi connectivity index (χ3v) is 5.27. The van der Waals surface area contributed by atoms with Gasteiger partial charge in [0.05, 0.1) is 19.8 Å². The fraction of sp³-hybridized carbons (Fsp3) is 0.333. The third-order valence-electron chi connectivity index (χ3n) is 4.78. The van der Waals surface area contributed by atoms with Crippen molar-refractivity contribution in [1.29, 1.82) is 0 Å². The number of halogens is 1. The fourth-order valence-corrected chi connectivity index (χ4v) is 3.56. The summed E-state index contributed by atoms with van der Waals surface area (Å²) < 4.78 is 13.3. The third kappa shape index (κ3) is 6.87. The zero-order valence-electron chi connectivity index (χ0n) is 18.7. The van der Waals surface area contributed by atoms with E-state index >= 15 is 0 Å². The van der Waals surface area contributed by atoms with Crippen LogP contribution in [0.15, 0.2) is 48.5 Å². The van der Waals surface area contributed by atoms with Crippen LogP contribution in [0.25, 0.3) is 0 Å². The number of anilines is 1. The van der Waals surface area contributed by atoms with Gasteiger partial charge >= 0.3 is 0 Å². The molecule has 0 atom stereocenters. The minimum Gasteiger partial charge on any atom is -0.490 e. The first kappa shape index (κ1) is 23.9. The van der Waals surface area contributed by atoms with Gasteiger partial charge in [0, 0.05) is 23.3 Å². The number of aryl methyl sites for hydroxylation is 1. The summed E-state index contributed by atoms with van der Waals surface area (Å²) in [6, 6.07) is 15.8. The van der Waals surface area contributed by atoms with E-state index in [1.165, 1.54) is 0 Å². The highest BCUT2D eigenvalue weighted by Gasteiger charge is 2.08. The second-order valence-electron chi connectivity index (χ2n) is 7.23. The number of ether oxygens (including phenoxy) is 2. The normalized spacial score (nSPS) is 10.6. The number of hydrogen-bond donors (Lipinski definition) is 2. The number of nitrogens with one attached hydrogen (secondary N) is 2. The van der Waals surface area contributed by atoms with E-state index < -0.39 is 0 Å². The lowest BCUT2D eigenvalue weighted by Gasteiger charge is -2.13. The number of benzene rings is 2. The molecule has 8 heteroatoms. The average molecular weight is 473 g/mol. The molecular formula is C24H29ClN4O2S. The number of thiocarbonyl (C=S) groups is 1. The first-order valence-electron chi connectivity index (χ1n) is 10.7. The molecule has 3 aromatic rings. The molecule has 0 bridgehead atoms. The van der Waals surface area contributed by atoms with Crippen LogP contribution in [0.3, 0.4) is 0 Å². The van der Waals surface area contributed by atoms with Crippen molar-refractivity contribution in [1.82, 2.24) is 15.1 Å². The topological polar surface area (TPSA) is 60.3 Å². The molecule has 0 aliphatic carbocycles. The maximum absolute atomic E-state index is 5.96. The fourth-order valence-electron chi connectivity index (χ4n) is 3.23. The minimum atomic E-state index is 0.539. The highest BCUT2D eigenvalue weighted by Crippen LogP contribution is 2.28. The van der Waals surface area contributed by atoms with Crippen molar-refractivity contribution in [3.05, 3.63) is 70.4 Å². The summed E-state index contributed by atoms with van der Waals surface area (Å²) in [5, 5.41) is 12.3. The Morgan fingerprint density at radius 1 is 1.00 bits per heavy atom. The predicted molar refractivity (Wildman–Crippen MR) is 134 cm³/mol. The van der Waals surface area contributed by atoms with Gasteiger partial charge in [-0.25, -0.2) is 0 Å². The highest BCUT2D eigenvalue weighted by atomic mass is 35.5. The summed E-state index contributed by atoms with van der Waals surface area (Å²) in [5.74, 6) is 2.26. The summed E-state index contributed by atoms with van der Waals surface area (Å²) in [4.78, 5) is 0. The van der Waals surface area contributed by atoms with Gasteiger partial charge in [0.15, 0.2) is 22.4 Å². The molecule has 2 N–H and O–H groups in total. The van der Waals surface area contributed by atoms with Gasteiger partial charge in [0.2, 0.25) is 0 Å². The van der Waals surface area contributed by atoms with Crippen molar-refractivity contribution in [3.63, 3.8) is 0 Å². The molecule has 32 heavy (non-hydrogen) atoms. The SMILES string of the molecule is CCOc1ccc(CCNC(=S)Nc2cc(C)n(Cc3ccc(Cl)cc3)n2)cc1OCC. The zero-order chi connectivity index (χ0) is 22.9. The van der Waals surface area contributed by atoms with Gasteiger partial charge in [-0.1, -0.05) is 29.8 Å². The number of nitrogens with zero attached hydrogens (tertiary/aromatic N) is 2. The number of aromatic nitrogens is 2. The van der Waals surface area contributed by atoms with Crippen molar-refractivity contribution in [2.24, 2.45) is 0 Å². The Kier molecular flexibility index (Phi) is 8.76. The molecule has 0 aliphatic rings. The molecule has 170 valence electrons. The smallest absolute Gasteiger partial charge is 0.172 e. The molecule has 0 fully saturated rings. The summed E-state index contributed by atoms with van der Waals surface area (Å²) >= 11 is 11.4. The molecule has 1 aromatic heterocycles. The molecule has 0 radical (unpaired) electrons. The van der Waals surface area contributed by atoms with Crippen LogP contribution in [0.4, 0.5) is 5.82 Å². The molecule has 0 unspecified atom stereocenters. The van der Waals surface area contributed by atoms with Crippen LogP contribution in [0.2, 0.25) is 5.02 Å². The van der Waals surface area contributed by atoms with Crippen molar-refractivity contribution < 1.29 is 9.47 Å². The molecule has 0 amide bonds. The lowest BCUT2D eigenvalue weighted by molar-refractivity contribution is 0.287. The van der Waals surface area contributed by atoms with Crippen LogP contribution in [-0.2, 0) is 13.0 Å². The van der Waals surface area contributed by atoms with E-state index in [1.54, 1.807) is 0 Å². The van der Waals surface area contributed by atoms with Gasteiger partial charge in [-0.15, -0.1) is 0 Å². The first-order valence-corrected chi connectivity index (χ1v) is 11.5. The van der Waals surface area contributed by atoms with Gasteiger partial charge in [-0.2, -0.15) is 5.10 Å². The van der Waals surface area contributed by atoms with Crippen LogP contribution in [0.5, 0.6) is 11.5 Å². The quantitative estimate of drug-likeness (QED) is 0.394. The lowest BCUT2D eigenvalue weighted by Crippen LogP contribution is -2.30. The van der Waals surface area contributed by atoms with Crippen LogP contribution >= 0.6 is 23.8 Å². The Morgan fingerprint density at radius 3 is 2.41 bits per heavy atom. The summed E-state index contributed by atoms with van der Waals surface area (Å²) in [7, 11) is 0. The summed E-state index contributed by atoms with van der Waals surface area (Å²) in [6.45, 7) is 8.51. The molecule has 0 spiro atoms. The lowest BCUT2D eigenvalue weighted by atomic mass is 10.1. The first-order chi connectivity index (χ1) is 15.5.